The topological polar surface area (TPSA) is 17.8 Å². The lowest BCUT2D eigenvalue weighted by Crippen LogP contribution is -1.93. The van der Waals surface area contributed by atoms with Crippen LogP contribution in [-0.2, 0) is 0 Å². The molecule has 0 bridgehead atoms. The Balaban J connectivity index is 0.833. The summed E-state index contributed by atoms with van der Waals surface area (Å²) < 4.78 is 2.37. The van der Waals surface area contributed by atoms with Gasteiger partial charge in [0.1, 0.15) is 0 Å². The Bertz CT molecular complexity index is 3200. The van der Waals surface area contributed by atoms with E-state index in [0.29, 0.717) is 0 Å². The van der Waals surface area contributed by atoms with Crippen molar-refractivity contribution >= 4 is 21.8 Å². The average Bonchev–Trinajstić information content (AvgIpc) is 3.69. The molecule has 0 aliphatic heterocycles. The molecule has 0 aliphatic rings. The molecule has 11 rings (SSSR count). The highest BCUT2D eigenvalue weighted by Gasteiger charge is 2.13. The molecule has 2 nitrogen and oxygen atoms in total. The zero-order chi connectivity index (χ0) is 40.5. The van der Waals surface area contributed by atoms with Gasteiger partial charge in [0.2, 0.25) is 0 Å². The molecule has 11 aromatic rings. The van der Waals surface area contributed by atoms with Crippen LogP contribution in [0.3, 0.4) is 0 Å². The molecule has 0 atom stereocenters. The predicted octanol–water partition coefficient (Wildman–Crippen LogP) is 15.8. The summed E-state index contributed by atoms with van der Waals surface area (Å²) >= 11 is 0. The normalized spacial score (nSPS) is 11.3. The van der Waals surface area contributed by atoms with Gasteiger partial charge in [0.15, 0.2) is 0 Å². The smallest absolute Gasteiger partial charge is 0.0715 e. The molecule has 2 heterocycles. The van der Waals surface area contributed by atoms with E-state index in [-0.39, 0.29) is 0 Å². The van der Waals surface area contributed by atoms with Crippen molar-refractivity contribution < 1.29 is 0 Å². The molecule has 0 radical (unpaired) electrons. The van der Waals surface area contributed by atoms with Gasteiger partial charge >= 0.3 is 0 Å². The fourth-order valence-electron chi connectivity index (χ4n) is 8.68. The van der Waals surface area contributed by atoms with Crippen LogP contribution in [-0.4, -0.2) is 9.55 Å². The van der Waals surface area contributed by atoms with Crippen molar-refractivity contribution in [2.45, 2.75) is 0 Å². The van der Waals surface area contributed by atoms with Crippen molar-refractivity contribution in [1.29, 1.82) is 0 Å². The zero-order valence-corrected chi connectivity index (χ0v) is 33.5. The molecule has 0 amide bonds. The Morgan fingerprint density at radius 2 is 0.557 bits per heavy atom. The first-order valence-corrected chi connectivity index (χ1v) is 20.9. The van der Waals surface area contributed by atoms with Crippen LogP contribution >= 0.6 is 0 Å². The lowest BCUT2D eigenvalue weighted by molar-refractivity contribution is 1.18. The summed E-state index contributed by atoms with van der Waals surface area (Å²) in [6.07, 6.45) is 0. The number of hydrogen-bond acceptors (Lipinski definition) is 1. The van der Waals surface area contributed by atoms with Crippen molar-refractivity contribution in [3.8, 4) is 83.8 Å². The van der Waals surface area contributed by atoms with Crippen LogP contribution in [0.1, 0.15) is 0 Å². The van der Waals surface area contributed by atoms with Crippen molar-refractivity contribution in [3.05, 3.63) is 243 Å². The largest absolute Gasteiger partial charge is 0.309 e. The Labute approximate surface area is 356 Å². The van der Waals surface area contributed by atoms with E-state index in [9.17, 15) is 0 Å². The minimum Gasteiger partial charge on any atom is -0.309 e. The van der Waals surface area contributed by atoms with E-state index in [4.69, 9.17) is 4.98 Å². The van der Waals surface area contributed by atoms with Crippen molar-refractivity contribution in [3.63, 3.8) is 0 Å². The number of hydrogen-bond donors (Lipinski definition) is 0. The Morgan fingerprint density at radius 3 is 0.967 bits per heavy atom. The third kappa shape index (κ3) is 7.01. The molecule has 286 valence electrons. The number of rotatable bonds is 8. The van der Waals surface area contributed by atoms with Gasteiger partial charge in [-0.15, -0.1) is 0 Å². The second-order valence-corrected chi connectivity index (χ2v) is 15.6. The van der Waals surface area contributed by atoms with E-state index in [1.807, 2.05) is 12.1 Å². The molecule has 0 spiro atoms. The lowest BCUT2D eigenvalue weighted by atomic mass is 9.95. The molecule has 0 fully saturated rings. The first-order chi connectivity index (χ1) is 30.2. The summed E-state index contributed by atoms with van der Waals surface area (Å²) in [5, 5.41) is 2.55. The molecule has 0 saturated carbocycles. The second-order valence-electron chi connectivity index (χ2n) is 15.6. The highest BCUT2D eigenvalue weighted by Crippen LogP contribution is 2.36. The van der Waals surface area contributed by atoms with Crippen LogP contribution in [0.15, 0.2) is 243 Å². The molecular formula is C59H40N2. The summed E-state index contributed by atoms with van der Waals surface area (Å²) in [4.78, 5) is 5.07. The van der Waals surface area contributed by atoms with Crippen molar-refractivity contribution in [1.82, 2.24) is 9.55 Å². The van der Waals surface area contributed by atoms with Crippen LogP contribution in [0.2, 0.25) is 0 Å². The maximum absolute atomic E-state index is 5.07. The maximum atomic E-state index is 5.07. The van der Waals surface area contributed by atoms with Gasteiger partial charge in [-0.3, -0.25) is 0 Å². The lowest BCUT2D eigenvalue weighted by Gasteiger charge is -2.12. The summed E-state index contributed by atoms with van der Waals surface area (Å²) in [6, 6.07) is 87.1. The first-order valence-electron chi connectivity index (χ1n) is 20.9. The molecule has 2 aromatic heterocycles. The molecular weight excluding hydrogens is 737 g/mol. The van der Waals surface area contributed by atoms with Crippen LogP contribution in [0.25, 0.3) is 106 Å². The SMILES string of the molecule is c1ccc(-c2cc(-c3ccc(-c4cccc(-c5ccc(-c6cccc(-c7ccc(-n8c9ccccc9c9ccccc98)cc7)c6)cc5)c4)cc3)cc(-c3ccccc3)n2)cc1. The third-order valence-electron chi connectivity index (χ3n) is 11.8. The van der Waals surface area contributed by atoms with Crippen LogP contribution < -0.4 is 0 Å². The monoisotopic (exact) mass is 776 g/mol. The summed E-state index contributed by atoms with van der Waals surface area (Å²) in [6.45, 7) is 0. The van der Waals surface area contributed by atoms with Gasteiger partial charge in [-0.2, -0.15) is 0 Å². The van der Waals surface area contributed by atoms with Crippen molar-refractivity contribution in [2.24, 2.45) is 0 Å². The first kappa shape index (κ1) is 36.0. The highest BCUT2D eigenvalue weighted by molar-refractivity contribution is 6.09. The van der Waals surface area contributed by atoms with Gasteiger partial charge in [0.05, 0.1) is 22.4 Å². The second kappa shape index (κ2) is 15.6. The van der Waals surface area contributed by atoms with Gasteiger partial charge in [0.25, 0.3) is 0 Å². The number of pyridine rings is 1. The number of aromatic nitrogens is 2. The fraction of sp³-hybridized carbons (Fsp3) is 0. The van der Waals surface area contributed by atoms with Gasteiger partial charge in [0, 0.05) is 27.6 Å². The van der Waals surface area contributed by atoms with Gasteiger partial charge in [-0.25, -0.2) is 4.98 Å². The van der Waals surface area contributed by atoms with Gasteiger partial charge in [-0.1, -0.05) is 194 Å². The van der Waals surface area contributed by atoms with E-state index in [1.165, 1.54) is 66.3 Å². The highest BCUT2D eigenvalue weighted by atomic mass is 15.0. The van der Waals surface area contributed by atoms with Gasteiger partial charge < -0.3 is 4.57 Å². The molecule has 0 aliphatic carbocycles. The summed E-state index contributed by atoms with van der Waals surface area (Å²) in [5.74, 6) is 0. The summed E-state index contributed by atoms with van der Waals surface area (Å²) in [7, 11) is 0. The number of fused-ring (bicyclic) bond motifs is 3. The molecule has 9 aromatic carbocycles. The zero-order valence-electron chi connectivity index (χ0n) is 33.5. The Morgan fingerprint density at radius 1 is 0.230 bits per heavy atom. The molecule has 0 saturated heterocycles. The maximum Gasteiger partial charge on any atom is 0.0715 e. The standard InChI is InChI=1S/C59H40N2/c1-3-13-46(14-4-1)56-39-52(40-57(60-56)47-15-5-2-6-16-47)45-31-29-43(30-32-45)49-18-11-17-48(37-49)41-25-27-42(28-26-41)50-19-12-20-51(38-50)44-33-35-53(36-34-44)61-58-23-9-7-21-54(58)55-22-8-10-24-59(55)61/h1-40H. The van der Waals surface area contributed by atoms with Crippen LogP contribution in [0, 0.1) is 0 Å². The third-order valence-corrected chi connectivity index (χ3v) is 11.8. The molecule has 61 heavy (non-hydrogen) atoms. The predicted molar refractivity (Wildman–Crippen MR) is 257 cm³/mol. The van der Waals surface area contributed by atoms with Gasteiger partial charge in [-0.05, 0) is 104 Å². The van der Waals surface area contributed by atoms with Crippen molar-refractivity contribution in [2.75, 3.05) is 0 Å². The number of nitrogens with zero attached hydrogens (tertiary/aromatic N) is 2. The van der Waals surface area contributed by atoms with E-state index >= 15 is 0 Å². The summed E-state index contributed by atoms with van der Waals surface area (Å²) in [5.41, 5.74) is 19.6. The van der Waals surface area contributed by atoms with Crippen LogP contribution in [0.4, 0.5) is 0 Å². The van der Waals surface area contributed by atoms with E-state index in [0.717, 1.165) is 39.3 Å². The minimum atomic E-state index is 0.967. The number of benzene rings is 9. The Kier molecular flexibility index (Phi) is 9.22. The minimum absolute atomic E-state index is 0.967. The van der Waals surface area contributed by atoms with E-state index < -0.39 is 0 Å². The Hall–Kier alpha value is -8.07. The van der Waals surface area contributed by atoms with E-state index in [1.54, 1.807) is 0 Å². The molecule has 0 unspecified atom stereocenters. The fourth-order valence-corrected chi connectivity index (χ4v) is 8.68. The number of para-hydroxylation sites is 2. The quantitative estimate of drug-likeness (QED) is 0.150. The van der Waals surface area contributed by atoms with Crippen LogP contribution in [0.5, 0.6) is 0 Å². The average molecular weight is 777 g/mol. The van der Waals surface area contributed by atoms with E-state index in [2.05, 4.69) is 235 Å². The molecule has 0 N–H and O–H groups in total. The molecule has 2 heteroatoms.